The van der Waals surface area contributed by atoms with E-state index >= 15 is 0 Å². The van der Waals surface area contributed by atoms with Crippen molar-refractivity contribution >= 4 is 40.2 Å². The lowest BCUT2D eigenvalue weighted by Crippen LogP contribution is -2.38. The number of fused-ring (bicyclic) bond motifs is 1. The molecule has 7 heteroatoms. The Labute approximate surface area is 156 Å². The molecule has 134 valence electrons. The van der Waals surface area contributed by atoms with Gasteiger partial charge in [0.25, 0.3) is 0 Å². The third-order valence-corrected chi connectivity index (χ3v) is 5.52. The fourth-order valence-electron chi connectivity index (χ4n) is 3.51. The molecule has 1 amide bonds. The minimum absolute atomic E-state index is 0.0436. The van der Waals surface area contributed by atoms with Crippen molar-refractivity contribution in [3.8, 4) is 0 Å². The lowest BCUT2D eigenvalue weighted by atomic mass is 9.95. The predicted octanol–water partition coefficient (Wildman–Crippen LogP) is 3.50. The molecule has 1 aliphatic rings. The lowest BCUT2D eigenvalue weighted by Gasteiger charge is -2.33. The summed E-state index contributed by atoms with van der Waals surface area (Å²) in [5.41, 5.74) is 4.74. The molecule has 4 rings (SSSR count). The smallest absolute Gasteiger partial charge is 0.227 e. The number of nitrogens with zero attached hydrogens (tertiary/aromatic N) is 4. The van der Waals surface area contributed by atoms with E-state index in [9.17, 15) is 4.79 Å². The van der Waals surface area contributed by atoms with Gasteiger partial charge in [-0.1, -0.05) is 25.1 Å². The van der Waals surface area contributed by atoms with Crippen molar-refractivity contribution in [2.75, 3.05) is 23.3 Å². The number of hydrogen-bond acceptors (Lipinski definition) is 6. The van der Waals surface area contributed by atoms with E-state index in [1.165, 1.54) is 17.3 Å². The van der Waals surface area contributed by atoms with Gasteiger partial charge in [0.2, 0.25) is 5.91 Å². The Morgan fingerprint density at radius 1 is 1.23 bits per heavy atom. The first kappa shape index (κ1) is 16.9. The van der Waals surface area contributed by atoms with Crippen LogP contribution in [-0.4, -0.2) is 32.7 Å². The number of rotatable bonds is 4. The van der Waals surface area contributed by atoms with Crippen LogP contribution in [0.15, 0.2) is 36.5 Å². The number of carbonyl (C=O) groups is 1. The number of aryl methyl sites for hydroxylation is 1. The van der Waals surface area contributed by atoms with Gasteiger partial charge < -0.3 is 10.2 Å². The van der Waals surface area contributed by atoms with Crippen LogP contribution >= 0.6 is 11.7 Å². The normalized spacial score (nSPS) is 15.3. The van der Waals surface area contributed by atoms with Crippen LogP contribution in [0.2, 0.25) is 0 Å². The average Bonchev–Trinajstić information content (AvgIpc) is 3.17. The molecule has 1 N–H and O–H groups in total. The van der Waals surface area contributed by atoms with E-state index in [-0.39, 0.29) is 11.8 Å². The zero-order valence-corrected chi connectivity index (χ0v) is 15.5. The molecule has 1 fully saturated rings. The Balaban J connectivity index is 1.42. The largest absolute Gasteiger partial charge is 0.370 e. The van der Waals surface area contributed by atoms with Gasteiger partial charge in [-0.3, -0.25) is 4.79 Å². The molecule has 0 saturated carbocycles. The third-order valence-electron chi connectivity index (χ3n) is 5.01. The van der Waals surface area contributed by atoms with Gasteiger partial charge in [-0.15, -0.1) is 0 Å². The van der Waals surface area contributed by atoms with E-state index in [2.05, 4.69) is 36.9 Å². The van der Waals surface area contributed by atoms with Crippen LogP contribution in [0, 0.1) is 5.92 Å². The maximum absolute atomic E-state index is 12.7. The fraction of sp³-hybridized carbons (Fsp3) is 0.368. The Morgan fingerprint density at radius 3 is 2.85 bits per heavy atom. The van der Waals surface area contributed by atoms with Crippen LogP contribution < -0.4 is 10.2 Å². The zero-order chi connectivity index (χ0) is 17.9. The highest BCUT2D eigenvalue weighted by Crippen LogP contribution is 2.29. The molecule has 0 spiro atoms. The van der Waals surface area contributed by atoms with E-state index in [0.29, 0.717) is 5.65 Å². The van der Waals surface area contributed by atoms with Gasteiger partial charge in [0.1, 0.15) is 5.52 Å². The predicted molar refractivity (Wildman–Crippen MR) is 105 cm³/mol. The summed E-state index contributed by atoms with van der Waals surface area (Å²) in [6, 6.07) is 10.0. The van der Waals surface area contributed by atoms with Crippen molar-refractivity contribution in [2.24, 2.45) is 5.92 Å². The second-order valence-corrected chi connectivity index (χ2v) is 7.06. The molecule has 26 heavy (non-hydrogen) atoms. The van der Waals surface area contributed by atoms with Crippen LogP contribution in [-0.2, 0) is 11.2 Å². The maximum Gasteiger partial charge on any atom is 0.227 e. The quantitative estimate of drug-likeness (QED) is 0.764. The minimum atomic E-state index is 0.0436. The van der Waals surface area contributed by atoms with Gasteiger partial charge in [0.05, 0.1) is 17.4 Å². The number of carbonyl (C=O) groups excluding carboxylic acids is 1. The molecule has 0 radical (unpaired) electrons. The van der Waals surface area contributed by atoms with Gasteiger partial charge >= 0.3 is 0 Å². The summed E-state index contributed by atoms with van der Waals surface area (Å²) < 4.78 is 8.58. The maximum atomic E-state index is 12.7. The molecule has 0 atom stereocenters. The van der Waals surface area contributed by atoms with Gasteiger partial charge in [0, 0.05) is 30.9 Å². The molecule has 0 aliphatic carbocycles. The number of anilines is 2. The molecule has 1 saturated heterocycles. The Hall–Kier alpha value is -2.54. The van der Waals surface area contributed by atoms with E-state index in [1.807, 2.05) is 24.3 Å². The minimum Gasteiger partial charge on any atom is -0.370 e. The number of benzene rings is 1. The monoisotopic (exact) mass is 367 g/mol. The van der Waals surface area contributed by atoms with Crippen LogP contribution in [0.4, 0.5) is 11.4 Å². The van der Waals surface area contributed by atoms with Crippen molar-refractivity contribution in [2.45, 2.75) is 26.2 Å². The van der Waals surface area contributed by atoms with Crippen molar-refractivity contribution in [3.05, 3.63) is 42.1 Å². The molecular weight excluding hydrogens is 346 g/mol. The first-order valence-corrected chi connectivity index (χ1v) is 9.70. The standard InChI is InChI=1S/C19H21N5OS/c1-2-13-5-3-4-6-15(13)21-19(25)14-8-11-24(12-9-14)16-7-10-20-18-17(16)22-26-23-18/h3-7,10,14H,2,8-9,11-12H2,1H3,(H,21,25). The molecular formula is C19H21N5OS. The second-order valence-electron chi connectivity index (χ2n) is 6.53. The first-order chi connectivity index (χ1) is 12.8. The highest BCUT2D eigenvalue weighted by molar-refractivity contribution is 7.00. The van der Waals surface area contributed by atoms with E-state index < -0.39 is 0 Å². The number of aromatic nitrogens is 3. The van der Waals surface area contributed by atoms with Crippen molar-refractivity contribution in [1.82, 2.24) is 13.7 Å². The number of pyridine rings is 1. The van der Waals surface area contributed by atoms with E-state index in [1.54, 1.807) is 6.20 Å². The van der Waals surface area contributed by atoms with Gasteiger partial charge in [-0.2, -0.15) is 8.75 Å². The zero-order valence-electron chi connectivity index (χ0n) is 14.7. The molecule has 0 unspecified atom stereocenters. The summed E-state index contributed by atoms with van der Waals surface area (Å²) in [4.78, 5) is 19.2. The lowest BCUT2D eigenvalue weighted by molar-refractivity contribution is -0.120. The summed E-state index contributed by atoms with van der Waals surface area (Å²) in [7, 11) is 0. The summed E-state index contributed by atoms with van der Waals surface area (Å²) in [6.45, 7) is 3.78. The number of piperidine rings is 1. The highest BCUT2D eigenvalue weighted by atomic mass is 32.1. The summed E-state index contributed by atoms with van der Waals surface area (Å²) >= 11 is 1.19. The van der Waals surface area contributed by atoms with E-state index in [0.717, 1.165) is 49.2 Å². The Kier molecular flexibility index (Phi) is 4.79. The van der Waals surface area contributed by atoms with Crippen LogP contribution in [0.5, 0.6) is 0 Å². The topological polar surface area (TPSA) is 71.0 Å². The van der Waals surface area contributed by atoms with Gasteiger partial charge in [0.15, 0.2) is 5.65 Å². The summed E-state index contributed by atoms with van der Waals surface area (Å²) in [5, 5.41) is 3.12. The molecule has 1 aliphatic heterocycles. The average molecular weight is 367 g/mol. The number of nitrogens with one attached hydrogen (secondary N) is 1. The molecule has 3 heterocycles. The summed E-state index contributed by atoms with van der Waals surface area (Å²) in [6.07, 6.45) is 4.36. The number of amides is 1. The van der Waals surface area contributed by atoms with Crippen LogP contribution in [0.25, 0.3) is 11.2 Å². The highest BCUT2D eigenvalue weighted by Gasteiger charge is 2.26. The van der Waals surface area contributed by atoms with Crippen LogP contribution in [0.3, 0.4) is 0 Å². The molecule has 2 aromatic heterocycles. The molecule has 0 bridgehead atoms. The van der Waals surface area contributed by atoms with Gasteiger partial charge in [-0.25, -0.2) is 4.98 Å². The third kappa shape index (κ3) is 3.26. The molecule has 6 nitrogen and oxygen atoms in total. The Morgan fingerprint density at radius 2 is 2.04 bits per heavy atom. The SMILES string of the molecule is CCc1ccccc1NC(=O)C1CCN(c2ccnc3nsnc23)CC1. The van der Waals surface area contributed by atoms with E-state index in [4.69, 9.17) is 0 Å². The fourth-order valence-corrected chi connectivity index (χ4v) is 4.02. The second kappa shape index (κ2) is 7.37. The van der Waals surface area contributed by atoms with Crippen LogP contribution in [0.1, 0.15) is 25.3 Å². The molecule has 3 aromatic rings. The number of para-hydroxylation sites is 1. The summed E-state index contributed by atoms with van der Waals surface area (Å²) in [5.74, 6) is 0.169. The van der Waals surface area contributed by atoms with Crippen molar-refractivity contribution in [1.29, 1.82) is 0 Å². The van der Waals surface area contributed by atoms with Gasteiger partial charge in [-0.05, 0) is 37.0 Å². The van der Waals surface area contributed by atoms with Crippen molar-refractivity contribution < 1.29 is 4.79 Å². The number of hydrogen-bond donors (Lipinski definition) is 1. The van der Waals surface area contributed by atoms with Crippen molar-refractivity contribution in [3.63, 3.8) is 0 Å². The first-order valence-electron chi connectivity index (χ1n) is 8.97. The Bertz CT molecular complexity index is 917. The molecule has 1 aromatic carbocycles.